The minimum absolute atomic E-state index is 0.317. The Bertz CT molecular complexity index is 749. The third kappa shape index (κ3) is 3.60. The highest BCUT2D eigenvalue weighted by Gasteiger charge is 2.20. The van der Waals surface area contributed by atoms with Gasteiger partial charge >= 0.3 is 0 Å². The van der Waals surface area contributed by atoms with E-state index < -0.39 is 0 Å². The number of pyridine rings is 1. The fourth-order valence-corrected chi connectivity index (χ4v) is 3.20. The van der Waals surface area contributed by atoms with Crippen LogP contribution >= 0.6 is 0 Å². The molecule has 0 bridgehead atoms. The van der Waals surface area contributed by atoms with Crippen LogP contribution in [0.25, 0.3) is 5.78 Å². The van der Waals surface area contributed by atoms with Gasteiger partial charge in [-0.25, -0.2) is 9.97 Å². The number of imidazole rings is 1. The van der Waals surface area contributed by atoms with Crippen LogP contribution in [0.2, 0.25) is 0 Å². The molecule has 1 atom stereocenters. The molecule has 0 aromatic carbocycles. The van der Waals surface area contributed by atoms with Crippen LogP contribution in [0.4, 0.5) is 0 Å². The zero-order chi connectivity index (χ0) is 16.2. The van der Waals surface area contributed by atoms with Gasteiger partial charge in [0.2, 0.25) is 5.78 Å². The molecule has 4 heterocycles. The average Bonchev–Trinajstić information content (AvgIpc) is 3.24. The molecule has 1 aliphatic heterocycles. The van der Waals surface area contributed by atoms with Gasteiger partial charge in [0, 0.05) is 57.2 Å². The van der Waals surface area contributed by atoms with Crippen molar-refractivity contribution in [2.75, 3.05) is 13.2 Å². The third-order valence-corrected chi connectivity index (χ3v) is 4.29. The van der Waals surface area contributed by atoms with E-state index in [1.54, 1.807) is 6.20 Å². The Hall–Kier alpha value is -2.31. The molecule has 0 amide bonds. The van der Waals surface area contributed by atoms with Gasteiger partial charge in [-0.3, -0.25) is 14.3 Å². The summed E-state index contributed by atoms with van der Waals surface area (Å²) in [5.74, 6) is 0.742. The van der Waals surface area contributed by atoms with E-state index in [1.807, 2.05) is 41.3 Å². The standard InChI is InChI=1S/C18H21N5O/c1-4-15(10-19-6-1)11-22(14-17-5-2-9-24-17)12-16-13-23-8-3-7-20-18(23)21-16/h1,3-4,6-8,10,13,17H,2,5,9,11-12,14H2/t17-/m0/s1. The van der Waals surface area contributed by atoms with Crippen LogP contribution in [0.5, 0.6) is 0 Å². The maximum atomic E-state index is 5.82. The van der Waals surface area contributed by atoms with E-state index in [0.717, 1.165) is 50.6 Å². The van der Waals surface area contributed by atoms with Gasteiger partial charge in [-0.05, 0) is 30.5 Å². The molecule has 1 fully saturated rings. The summed E-state index contributed by atoms with van der Waals surface area (Å²) < 4.78 is 7.78. The van der Waals surface area contributed by atoms with Gasteiger partial charge in [-0.2, -0.15) is 0 Å². The van der Waals surface area contributed by atoms with Gasteiger partial charge in [-0.15, -0.1) is 0 Å². The second kappa shape index (κ2) is 7.07. The summed E-state index contributed by atoms with van der Waals surface area (Å²) in [5.41, 5.74) is 2.23. The zero-order valence-electron chi connectivity index (χ0n) is 13.6. The molecule has 6 heteroatoms. The molecule has 0 aliphatic carbocycles. The lowest BCUT2D eigenvalue weighted by Crippen LogP contribution is -2.31. The fourth-order valence-electron chi connectivity index (χ4n) is 3.20. The SMILES string of the molecule is c1cncc(CN(Cc2cn3cccnc3n2)C[C@@H]2CCCO2)c1. The molecule has 0 radical (unpaired) electrons. The highest BCUT2D eigenvalue weighted by Crippen LogP contribution is 2.17. The Morgan fingerprint density at radius 3 is 3.04 bits per heavy atom. The first-order valence-electron chi connectivity index (χ1n) is 8.38. The van der Waals surface area contributed by atoms with Gasteiger partial charge < -0.3 is 4.74 Å². The topological polar surface area (TPSA) is 55.6 Å². The predicted molar refractivity (Wildman–Crippen MR) is 90.3 cm³/mol. The van der Waals surface area contributed by atoms with Gasteiger partial charge in [0.05, 0.1) is 11.8 Å². The highest BCUT2D eigenvalue weighted by atomic mass is 16.5. The first-order valence-corrected chi connectivity index (χ1v) is 8.38. The number of aromatic nitrogens is 4. The van der Waals surface area contributed by atoms with Gasteiger partial charge in [-0.1, -0.05) is 6.07 Å². The Morgan fingerprint density at radius 2 is 2.25 bits per heavy atom. The van der Waals surface area contributed by atoms with Crippen molar-refractivity contribution in [1.29, 1.82) is 0 Å². The van der Waals surface area contributed by atoms with Crippen molar-refractivity contribution in [2.45, 2.75) is 32.0 Å². The Morgan fingerprint density at radius 1 is 1.25 bits per heavy atom. The highest BCUT2D eigenvalue weighted by molar-refractivity contribution is 5.29. The molecule has 3 aromatic rings. The minimum atomic E-state index is 0.317. The first-order chi connectivity index (χ1) is 11.9. The fraction of sp³-hybridized carbons (Fsp3) is 0.389. The minimum Gasteiger partial charge on any atom is -0.377 e. The first kappa shape index (κ1) is 15.2. The van der Waals surface area contributed by atoms with Crippen molar-refractivity contribution < 1.29 is 4.74 Å². The number of hydrogen-bond donors (Lipinski definition) is 0. The van der Waals surface area contributed by atoms with Crippen LogP contribution in [0, 0.1) is 0 Å². The van der Waals surface area contributed by atoms with Gasteiger partial charge in [0.25, 0.3) is 0 Å². The number of hydrogen-bond acceptors (Lipinski definition) is 5. The Kier molecular flexibility index (Phi) is 4.49. The Balaban J connectivity index is 1.51. The van der Waals surface area contributed by atoms with Crippen molar-refractivity contribution in [3.8, 4) is 0 Å². The maximum absolute atomic E-state index is 5.82. The van der Waals surface area contributed by atoms with Crippen LogP contribution in [0.15, 0.2) is 49.2 Å². The number of nitrogens with zero attached hydrogens (tertiary/aromatic N) is 5. The summed E-state index contributed by atoms with van der Waals surface area (Å²) in [6.07, 6.45) is 12.1. The van der Waals surface area contributed by atoms with E-state index in [0.29, 0.717) is 6.10 Å². The van der Waals surface area contributed by atoms with Crippen LogP contribution in [-0.2, 0) is 17.8 Å². The van der Waals surface area contributed by atoms with E-state index in [9.17, 15) is 0 Å². The lowest BCUT2D eigenvalue weighted by molar-refractivity contribution is 0.0675. The summed E-state index contributed by atoms with van der Waals surface area (Å²) in [6, 6.07) is 6.01. The molecule has 0 N–H and O–H groups in total. The normalized spacial score (nSPS) is 17.8. The second-order valence-corrected chi connectivity index (χ2v) is 6.23. The van der Waals surface area contributed by atoms with E-state index in [1.165, 1.54) is 5.56 Å². The van der Waals surface area contributed by atoms with Crippen molar-refractivity contribution in [3.05, 3.63) is 60.4 Å². The van der Waals surface area contributed by atoms with Crippen LogP contribution < -0.4 is 0 Å². The number of ether oxygens (including phenoxy) is 1. The monoisotopic (exact) mass is 323 g/mol. The smallest absolute Gasteiger partial charge is 0.233 e. The van der Waals surface area contributed by atoms with Crippen LogP contribution in [0.1, 0.15) is 24.1 Å². The lowest BCUT2D eigenvalue weighted by Gasteiger charge is -2.24. The summed E-state index contributed by atoms with van der Waals surface area (Å²) in [4.78, 5) is 15.5. The summed E-state index contributed by atoms with van der Waals surface area (Å²) in [7, 11) is 0. The molecule has 0 spiro atoms. The average molecular weight is 323 g/mol. The second-order valence-electron chi connectivity index (χ2n) is 6.23. The van der Waals surface area contributed by atoms with E-state index in [-0.39, 0.29) is 0 Å². The molecular formula is C18H21N5O. The molecule has 0 saturated carbocycles. The predicted octanol–water partition coefficient (Wildman–Crippen LogP) is 2.31. The molecule has 124 valence electrons. The van der Waals surface area contributed by atoms with Crippen LogP contribution in [0.3, 0.4) is 0 Å². The van der Waals surface area contributed by atoms with Gasteiger partial charge in [0.15, 0.2) is 0 Å². The van der Waals surface area contributed by atoms with E-state index >= 15 is 0 Å². The molecule has 1 aliphatic rings. The summed E-state index contributed by atoms with van der Waals surface area (Å²) in [5, 5.41) is 0. The maximum Gasteiger partial charge on any atom is 0.233 e. The van der Waals surface area contributed by atoms with E-state index in [4.69, 9.17) is 4.74 Å². The molecule has 0 unspecified atom stereocenters. The van der Waals surface area contributed by atoms with E-state index in [2.05, 4.69) is 25.9 Å². The molecule has 6 nitrogen and oxygen atoms in total. The number of rotatable bonds is 6. The van der Waals surface area contributed by atoms with Crippen LogP contribution in [-0.4, -0.2) is 43.5 Å². The molecule has 1 saturated heterocycles. The quantitative estimate of drug-likeness (QED) is 0.697. The number of fused-ring (bicyclic) bond motifs is 1. The largest absolute Gasteiger partial charge is 0.377 e. The summed E-state index contributed by atoms with van der Waals surface area (Å²) in [6.45, 7) is 3.41. The summed E-state index contributed by atoms with van der Waals surface area (Å²) >= 11 is 0. The lowest BCUT2D eigenvalue weighted by atomic mass is 10.2. The zero-order valence-corrected chi connectivity index (χ0v) is 13.6. The van der Waals surface area contributed by atoms with Crippen molar-refractivity contribution in [1.82, 2.24) is 24.3 Å². The molecule has 24 heavy (non-hydrogen) atoms. The van der Waals surface area contributed by atoms with Gasteiger partial charge in [0.1, 0.15) is 0 Å². The third-order valence-electron chi connectivity index (χ3n) is 4.29. The Labute approximate surface area is 141 Å². The van der Waals surface area contributed by atoms with Crippen molar-refractivity contribution >= 4 is 5.78 Å². The van der Waals surface area contributed by atoms with Crippen molar-refractivity contribution in [2.24, 2.45) is 0 Å². The van der Waals surface area contributed by atoms with Crippen molar-refractivity contribution in [3.63, 3.8) is 0 Å². The molecule has 4 rings (SSSR count). The molecule has 3 aromatic heterocycles. The molecular weight excluding hydrogens is 302 g/mol.